The van der Waals surface area contributed by atoms with E-state index in [9.17, 15) is 9.59 Å². The predicted octanol–water partition coefficient (Wildman–Crippen LogP) is 5.20. The average Bonchev–Trinajstić information content (AvgIpc) is 3.39. The van der Waals surface area contributed by atoms with Crippen LogP contribution in [0.25, 0.3) is 0 Å². The van der Waals surface area contributed by atoms with E-state index in [4.69, 9.17) is 9.47 Å². The number of nitrogens with one attached hydrogen (secondary N) is 3. The minimum Gasteiger partial charge on any atom is -0.497 e. The quantitative estimate of drug-likeness (QED) is 0.451. The molecule has 0 aromatic heterocycles. The van der Waals surface area contributed by atoms with E-state index >= 15 is 0 Å². The SMILES string of the molecule is COc1ccc(NC(=O)Nc2cc(NC(=O)c3ccccc3)ccc2N2CCCC2)c(OC)c1. The van der Waals surface area contributed by atoms with Gasteiger partial charge in [-0.2, -0.15) is 0 Å². The summed E-state index contributed by atoms with van der Waals surface area (Å²) in [6.45, 7) is 1.83. The molecule has 0 saturated carbocycles. The predicted molar refractivity (Wildman–Crippen MR) is 134 cm³/mol. The lowest BCUT2D eigenvalue weighted by Crippen LogP contribution is -2.24. The number of ether oxygens (including phenoxy) is 2. The smallest absolute Gasteiger partial charge is 0.323 e. The second-order valence-electron chi connectivity index (χ2n) is 7.89. The minimum atomic E-state index is -0.421. The fourth-order valence-electron chi connectivity index (χ4n) is 3.92. The van der Waals surface area contributed by atoms with Gasteiger partial charge in [-0.3, -0.25) is 4.79 Å². The third-order valence-electron chi connectivity index (χ3n) is 5.64. The number of nitrogens with zero attached hydrogens (tertiary/aromatic N) is 1. The van der Waals surface area contributed by atoms with Crippen LogP contribution in [0.2, 0.25) is 0 Å². The van der Waals surface area contributed by atoms with Crippen molar-refractivity contribution in [1.82, 2.24) is 0 Å². The van der Waals surface area contributed by atoms with Gasteiger partial charge >= 0.3 is 6.03 Å². The van der Waals surface area contributed by atoms with Crippen molar-refractivity contribution in [3.8, 4) is 11.5 Å². The molecule has 0 radical (unpaired) electrons. The number of carbonyl (C=O) groups is 2. The molecule has 3 N–H and O–H groups in total. The lowest BCUT2D eigenvalue weighted by atomic mass is 10.2. The standard InChI is InChI=1S/C26H28N4O4/c1-33-20-11-12-21(24(17-20)34-2)28-26(32)29-22-16-19(10-13-23(22)30-14-6-7-15-30)27-25(31)18-8-4-3-5-9-18/h3-5,8-13,16-17H,6-7,14-15H2,1-2H3,(H,27,31)(H2,28,29,32). The summed E-state index contributed by atoms with van der Waals surface area (Å²) in [5.41, 5.74) is 3.18. The van der Waals surface area contributed by atoms with Gasteiger partial charge in [0, 0.05) is 30.4 Å². The molecule has 0 bridgehead atoms. The van der Waals surface area contributed by atoms with Crippen molar-refractivity contribution in [2.75, 3.05) is 48.2 Å². The van der Waals surface area contributed by atoms with Crippen molar-refractivity contribution in [3.05, 3.63) is 72.3 Å². The second kappa shape index (κ2) is 10.6. The molecule has 0 atom stereocenters. The Morgan fingerprint density at radius 2 is 1.53 bits per heavy atom. The first kappa shape index (κ1) is 23.0. The van der Waals surface area contributed by atoms with Crippen molar-refractivity contribution < 1.29 is 19.1 Å². The summed E-state index contributed by atoms with van der Waals surface area (Å²) in [6.07, 6.45) is 2.20. The zero-order chi connectivity index (χ0) is 23.9. The van der Waals surface area contributed by atoms with Gasteiger partial charge in [-0.25, -0.2) is 4.79 Å². The Labute approximate surface area is 198 Å². The van der Waals surface area contributed by atoms with Gasteiger partial charge in [0.1, 0.15) is 11.5 Å². The molecule has 8 heteroatoms. The third-order valence-corrected chi connectivity index (χ3v) is 5.64. The van der Waals surface area contributed by atoms with Gasteiger partial charge in [-0.15, -0.1) is 0 Å². The Kier molecular flexibility index (Phi) is 7.17. The van der Waals surface area contributed by atoms with Crippen molar-refractivity contribution in [2.24, 2.45) is 0 Å². The van der Waals surface area contributed by atoms with E-state index in [1.807, 2.05) is 30.3 Å². The number of urea groups is 1. The summed E-state index contributed by atoms with van der Waals surface area (Å²) >= 11 is 0. The van der Waals surface area contributed by atoms with E-state index in [1.165, 1.54) is 7.11 Å². The molecule has 0 aliphatic carbocycles. The van der Waals surface area contributed by atoms with Gasteiger partial charge in [0.2, 0.25) is 0 Å². The number of anilines is 4. The Bertz CT molecular complexity index is 1160. The highest BCUT2D eigenvalue weighted by Gasteiger charge is 2.19. The van der Waals surface area contributed by atoms with Gasteiger partial charge in [-0.05, 0) is 55.3 Å². The van der Waals surface area contributed by atoms with Crippen molar-refractivity contribution in [1.29, 1.82) is 0 Å². The molecule has 1 aliphatic heterocycles. The number of rotatable bonds is 7. The molecule has 3 aromatic rings. The van der Waals surface area contributed by atoms with Crippen LogP contribution in [-0.4, -0.2) is 39.2 Å². The van der Waals surface area contributed by atoms with Crippen LogP contribution in [0.3, 0.4) is 0 Å². The number of amides is 3. The maximum absolute atomic E-state index is 12.9. The summed E-state index contributed by atoms with van der Waals surface area (Å²) < 4.78 is 10.6. The number of hydrogen-bond acceptors (Lipinski definition) is 5. The van der Waals surface area contributed by atoms with E-state index in [-0.39, 0.29) is 5.91 Å². The first-order valence-corrected chi connectivity index (χ1v) is 11.1. The molecule has 1 saturated heterocycles. The minimum absolute atomic E-state index is 0.215. The van der Waals surface area contributed by atoms with Gasteiger partial charge in [0.05, 0.1) is 31.3 Å². The zero-order valence-electron chi connectivity index (χ0n) is 19.3. The topological polar surface area (TPSA) is 91.9 Å². The molecule has 8 nitrogen and oxygen atoms in total. The van der Waals surface area contributed by atoms with E-state index in [1.54, 1.807) is 43.5 Å². The number of methoxy groups -OCH3 is 2. The van der Waals surface area contributed by atoms with Crippen molar-refractivity contribution >= 4 is 34.7 Å². The van der Waals surface area contributed by atoms with Crippen LogP contribution in [0.1, 0.15) is 23.2 Å². The summed E-state index contributed by atoms with van der Waals surface area (Å²) in [5, 5.41) is 8.68. The van der Waals surface area contributed by atoms with Crippen molar-refractivity contribution in [3.63, 3.8) is 0 Å². The fourth-order valence-corrected chi connectivity index (χ4v) is 3.92. The van der Waals surface area contributed by atoms with Crippen LogP contribution in [0.5, 0.6) is 11.5 Å². The lowest BCUT2D eigenvalue weighted by molar-refractivity contribution is 0.102. The highest BCUT2D eigenvalue weighted by Crippen LogP contribution is 2.33. The normalized spacial score (nSPS) is 12.7. The first-order chi connectivity index (χ1) is 16.6. The summed E-state index contributed by atoms with van der Waals surface area (Å²) in [5.74, 6) is 0.895. The molecule has 34 heavy (non-hydrogen) atoms. The highest BCUT2D eigenvalue weighted by atomic mass is 16.5. The van der Waals surface area contributed by atoms with Gasteiger partial charge in [-0.1, -0.05) is 18.2 Å². The van der Waals surface area contributed by atoms with Gasteiger partial charge in [0.15, 0.2) is 0 Å². The molecular weight excluding hydrogens is 432 g/mol. The van der Waals surface area contributed by atoms with E-state index in [0.29, 0.717) is 34.1 Å². The second-order valence-corrected chi connectivity index (χ2v) is 7.89. The average molecular weight is 461 g/mol. The van der Waals surface area contributed by atoms with E-state index < -0.39 is 6.03 Å². The van der Waals surface area contributed by atoms with Crippen LogP contribution >= 0.6 is 0 Å². The van der Waals surface area contributed by atoms with Crippen LogP contribution in [0.15, 0.2) is 66.7 Å². The molecule has 4 rings (SSSR count). The Morgan fingerprint density at radius 1 is 0.794 bits per heavy atom. The van der Waals surface area contributed by atoms with E-state index in [2.05, 4.69) is 20.9 Å². The molecule has 1 fully saturated rings. The molecular formula is C26H28N4O4. The molecule has 3 amide bonds. The fraction of sp³-hybridized carbons (Fsp3) is 0.231. The Morgan fingerprint density at radius 3 is 2.24 bits per heavy atom. The van der Waals surface area contributed by atoms with Crippen LogP contribution < -0.4 is 30.3 Å². The summed E-state index contributed by atoms with van der Waals surface area (Å²) in [4.78, 5) is 27.7. The van der Waals surface area contributed by atoms with E-state index in [0.717, 1.165) is 31.6 Å². The third kappa shape index (κ3) is 5.40. The molecule has 0 spiro atoms. The number of carbonyl (C=O) groups excluding carboxylic acids is 2. The molecule has 3 aromatic carbocycles. The summed E-state index contributed by atoms with van der Waals surface area (Å²) in [7, 11) is 3.10. The van der Waals surface area contributed by atoms with Crippen LogP contribution in [0.4, 0.5) is 27.5 Å². The van der Waals surface area contributed by atoms with Gasteiger partial charge in [0.25, 0.3) is 5.91 Å². The lowest BCUT2D eigenvalue weighted by Gasteiger charge is -2.23. The Balaban J connectivity index is 1.55. The van der Waals surface area contributed by atoms with Crippen LogP contribution in [-0.2, 0) is 0 Å². The highest BCUT2D eigenvalue weighted by molar-refractivity contribution is 6.06. The maximum Gasteiger partial charge on any atom is 0.323 e. The first-order valence-electron chi connectivity index (χ1n) is 11.1. The largest absolute Gasteiger partial charge is 0.497 e. The molecule has 176 valence electrons. The summed E-state index contributed by atoms with van der Waals surface area (Å²) in [6, 6.07) is 19.3. The number of benzene rings is 3. The molecule has 1 heterocycles. The molecule has 1 aliphatic rings. The zero-order valence-corrected chi connectivity index (χ0v) is 19.3. The monoisotopic (exact) mass is 460 g/mol. The molecule has 0 unspecified atom stereocenters. The van der Waals surface area contributed by atoms with Crippen molar-refractivity contribution in [2.45, 2.75) is 12.8 Å². The van der Waals surface area contributed by atoms with Crippen LogP contribution in [0, 0.1) is 0 Å². The van der Waals surface area contributed by atoms with Gasteiger partial charge < -0.3 is 30.3 Å². The number of hydrogen-bond donors (Lipinski definition) is 3. The Hall–Kier alpha value is -4.20. The maximum atomic E-state index is 12.9.